The molecule has 0 amide bonds. The number of hydrogen-bond acceptors (Lipinski definition) is 4. The molecule has 1 heterocycles. The molecule has 1 aromatic carbocycles. The quantitative estimate of drug-likeness (QED) is 0.450. The number of ether oxygens (including phenoxy) is 1. The highest BCUT2D eigenvalue weighted by Crippen LogP contribution is 2.33. The number of nitro groups is 1. The fraction of sp³-hybridized carbons (Fsp3) is 0.600. The number of halogens is 1. The molecule has 0 aromatic heterocycles. The van der Waals surface area contributed by atoms with E-state index in [1.807, 2.05) is 28.7 Å². The highest BCUT2D eigenvalue weighted by Gasteiger charge is 2.34. The van der Waals surface area contributed by atoms with Crippen LogP contribution in [-0.2, 0) is 4.74 Å². The van der Waals surface area contributed by atoms with Crippen molar-refractivity contribution in [3.63, 3.8) is 0 Å². The Balaban J connectivity index is 2.08. The van der Waals surface area contributed by atoms with Crippen LogP contribution in [0.25, 0.3) is 0 Å². The molecule has 21 heavy (non-hydrogen) atoms. The predicted molar refractivity (Wildman–Crippen MR) is 91.7 cm³/mol. The Labute approximate surface area is 138 Å². The summed E-state index contributed by atoms with van der Waals surface area (Å²) in [7, 11) is 0. The summed E-state index contributed by atoms with van der Waals surface area (Å²) in [6.07, 6.45) is 3.97. The van der Waals surface area contributed by atoms with Gasteiger partial charge in [-0.25, -0.2) is 0 Å². The average molecular weight is 404 g/mol. The van der Waals surface area contributed by atoms with E-state index in [-0.39, 0.29) is 16.2 Å². The van der Waals surface area contributed by atoms with E-state index < -0.39 is 0 Å². The molecule has 1 saturated heterocycles. The Morgan fingerprint density at radius 2 is 2.19 bits per heavy atom. The summed E-state index contributed by atoms with van der Waals surface area (Å²) in [5.74, 6) is 0. The lowest BCUT2D eigenvalue weighted by Crippen LogP contribution is -2.43. The lowest BCUT2D eigenvalue weighted by Gasteiger charge is -2.40. The summed E-state index contributed by atoms with van der Waals surface area (Å²) in [4.78, 5) is 10.5. The maximum atomic E-state index is 10.8. The van der Waals surface area contributed by atoms with Gasteiger partial charge in [0.25, 0.3) is 5.69 Å². The Bertz CT molecular complexity index is 518. The van der Waals surface area contributed by atoms with Gasteiger partial charge in [-0.3, -0.25) is 10.1 Å². The van der Waals surface area contributed by atoms with Crippen molar-refractivity contribution in [1.29, 1.82) is 0 Å². The molecule has 0 bridgehead atoms. The van der Waals surface area contributed by atoms with Gasteiger partial charge in [0.05, 0.1) is 14.1 Å². The van der Waals surface area contributed by atoms with Gasteiger partial charge in [-0.15, -0.1) is 0 Å². The van der Waals surface area contributed by atoms with Crippen molar-refractivity contribution < 1.29 is 9.66 Å². The van der Waals surface area contributed by atoms with Gasteiger partial charge in [-0.05, 0) is 60.4 Å². The summed E-state index contributed by atoms with van der Waals surface area (Å²) in [5, 5.41) is 14.4. The van der Waals surface area contributed by atoms with Crippen LogP contribution in [0.3, 0.4) is 0 Å². The molecule has 2 rings (SSSR count). The van der Waals surface area contributed by atoms with Gasteiger partial charge in [0.1, 0.15) is 0 Å². The van der Waals surface area contributed by atoms with Crippen LogP contribution in [0, 0.1) is 13.7 Å². The fourth-order valence-corrected chi connectivity index (χ4v) is 3.59. The zero-order valence-corrected chi connectivity index (χ0v) is 14.6. The van der Waals surface area contributed by atoms with E-state index in [1.54, 1.807) is 12.1 Å². The van der Waals surface area contributed by atoms with Crippen molar-refractivity contribution in [1.82, 2.24) is 0 Å². The van der Waals surface area contributed by atoms with Crippen molar-refractivity contribution in [2.45, 2.75) is 51.2 Å². The highest BCUT2D eigenvalue weighted by atomic mass is 127. The summed E-state index contributed by atoms with van der Waals surface area (Å²) < 4.78 is 6.63. The minimum absolute atomic E-state index is 0.0240. The van der Waals surface area contributed by atoms with Gasteiger partial charge >= 0.3 is 0 Å². The molecule has 0 saturated carbocycles. The molecule has 0 aliphatic carbocycles. The highest BCUT2D eigenvalue weighted by molar-refractivity contribution is 14.1. The minimum Gasteiger partial charge on any atom is -0.382 e. The molecule has 5 nitrogen and oxygen atoms in total. The monoisotopic (exact) mass is 404 g/mol. The topological polar surface area (TPSA) is 64.4 Å². The molecule has 6 heteroatoms. The molecule has 0 spiro atoms. The van der Waals surface area contributed by atoms with E-state index in [0.717, 1.165) is 38.0 Å². The summed E-state index contributed by atoms with van der Waals surface area (Å²) in [6.45, 7) is 5.10. The van der Waals surface area contributed by atoms with Crippen molar-refractivity contribution >= 4 is 34.0 Å². The Morgan fingerprint density at radius 1 is 1.48 bits per heavy atom. The van der Waals surface area contributed by atoms with Gasteiger partial charge in [0.15, 0.2) is 0 Å². The van der Waals surface area contributed by atoms with E-state index in [1.165, 1.54) is 0 Å². The third kappa shape index (κ3) is 3.85. The van der Waals surface area contributed by atoms with Crippen molar-refractivity contribution in [3.8, 4) is 0 Å². The second-order valence-electron chi connectivity index (χ2n) is 5.50. The van der Waals surface area contributed by atoms with Crippen LogP contribution in [0.1, 0.15) is 39.5 Å². The number of nitrogens with one attached hydrogen (secondary N) is 1. The predicted octanol–water partition coefficient (Wildman–Crippen LogP) is 4.35. The summed E-state index contributed by atoms with van der Waals surface area (Å²) >= 11 is 2.01. The SMILES string of the molecule is CCC1(CC)CC(Nc2ccc([N+](=O)[O-])c(I)c2)CCO1. The van der Waals surface area contributed by atoms with Crippen LogP contribution in [0.2, 0.25) is 0 Å². The number of rotatable bonds is 5. The Morgan fingerprint density at radius 3 is 2.76 bits per heavy atom. The number of nitro benzene ring substituents is 1. The third-order valence-electron chi connectivity index (χ3n) is 4.30. The van der Waals surface area contributed by atoms with Crippen molar-refractivity contribution in [2.24, 2.45) is 0 Å². The molecular weight excluding hydrogens is 383 g/mol. The van der Waals surface area contributed by atoms with E-state index in [0.29, 0.717) is 9.61 Å². The molecular formula is C15H21IN2O3. The van der Waals surface area contributed by atoms with Gasteiger partial charge in [-0.1, -0.05) is 13.8 Å². The standard InChI is InChI=1S/C15H21IN2O3/c1-3-15(4-2)10-12(7-8-21-15)17-11-5-6-14(18(19)20)13(16)9-11/h5-6,9,12,17H,3-4,7-8,10H2,1-2H3. The van der Waals surface area contributed by atoms with Crippen LogP contribution >= 0.6 is 22.6 Å². The van der Waals surface area contributed by atoms with Gasteiger partial charge in [-0.2, -0.15) is 0 Å². The van der Waals surface area contributed by atoms with E-state index in [4.69, 9.17) is 4.74 Å². The lowest BCUT2D eigenvalue weighted by molar-refractivity contribution is -0.385. The van der Waals surface area contributed by atoms with Crippen LogP contribution in [0.15, 0.2) is 18.2 Å². The smallest absolute Gasteiger partial charge is 0.282 e. The van der Waals surface area contributed by atoms with Crippen LogP contribution in [-0.4, -0.2) is 23.2 Å². The number of anilines is 1. The lowest BCUT2D eigenvalue weighted by atomic mass is 9.86. The molecule has 1 fully saturated rings. The van der Waals surface area contributed by atoms with Crippen molar-refractivity contribution in [3.05, 3.63) is 31.9 Å². The molecule has 1 unspecified atom stereocenters. The Kier molecular flexibility index (Phi) is 5.43. The first-order valence-corrected chi connectivity index (χ1v) is 8.42. The molecule has 1 aromatic rings. The van der Waals surface area contributed by atoms with Gasteiger partial charge < -0.3 is 10.1 Å². The second-order valence-corrected chi connectivity index (χ2v) is 6.66. The fourth-order valence-electron chi connectivity index (χ4n) is 2.87. The van der Waals surface area contributed by atoms with Gasteiger partial charge in [0.2, 0.25) is 0 Å². The first kappa shape index (κ1) is 16.5. The average Bonchev–Trinajstić information content (AvgIpc) is 2.47. The zero-order valence-electron chi connectivity index (χ0n) is 12.4. The van der Waals surface area contributed by atoms with E-state index >= 15 is 0 Å². The first-order chi connectivity index (χ1) is 9.99. The minimum atomic E-state index is -0.348. The van der Waals surface area contributed by atoms with Crippen LogP contribution in [0.4, 0.5) is 11.4 Å². The van der Waals surface area contributed by atoms with Crippen molar-refractivity contribution in [2.75, 3.05) is 11.9 Å². The van der Waals surface area contributed by atoms with E-state index in [2.05, 4.69) is 19.2 Å². The maximum absolute atomic E-state index is 10.8. The van der Waals surface area contributed by atoms with E-state index in [9.17, 15) is 10.1 Å². The summed E-state index contributed by atoms with van der Waals surface area (Å²) in [5.41, 5.74) is 1.08. The molecule has 1 N–H and O–H groups in total. The molecule has 1 atom stereocenters. The maximum Gasteiger partial charge on any atom is 0.282 e. The van der Waals surface area contributed by atoms with Crippen LogP contribution < -0.4 is 5.32 Å². The first-order valence-electron chi connectivity index (χ1n) is 7.34. The Hall–Kier alpha value is -0.890. The largest absolute Gasteiger partial charge is 0.382 e. The normalized spacial score (nSPS) is 21.0. The van der Waals surface area contributed by atoms with Gasteiger partial charge in [0, 0.05) is 24.4 Å². The second kappa shape index (κ2) is 6.91. The number of benzene rings is 1. The third-order valence-corrected chi connectivity index (χ3v) is 5.16. The number of hydrogen-bond donors (Lipinski definition) is 1. The molecule has 0 radical (unpaired) electrons. The molecule has 1 aliphatic heterocycles. The number of nitrogens with zero attached hydrogens (tertiary/aromatic N) is 1. The van der Waals surface area contributed by atoms with Crippen LogP contribution in [0.5, 0.6) is 0 Å². The zero-order chi connectivity index (χ0) is 15.5. The molecule has 116 valence electrons. The molecule has 1 aliphatic rings. The summed E-state index contributed by atoms with van der Waals surface area (Å²) in [6, 6.07) is 5.55.